The number of ketones is 1. The second kappa shape index (κ2) is 19.4. The van der Waals surface area contributed by atoms with E-state index in [1.165, 1.54) is 102 Å². The van der Waals surface area contributed by atoms with E-state index in [2.05, 4.69) is 17.0 Å². The fourth-order valence-electron chi connectivity index (χ4n) is 4.95. The van der Waals surface area contributed by atoms with Crippen molar-refractivity contribution >= 4 is 56.3 Å². The first-order valence-corrected chi connectivity index (χ1v) is 18.6. The summed E-state index contributed by atoms with van der Waals surface area (Å²) in [5, 5.41) is 1.34. The van der Waals surface area contributed by atoms with Gasteiger partial charge in [0.1, 0.15) is 0 Å². The molecule has 2 aromatic rings. The molecule has 246 valence electrons. The van der Waals surface area contributed by atoms with Gasteiger partial charge in [-0.25, -0.2) is 8.42 Å². The number of sulfonamides is 1. The van der Waals surface area contributed by atoms with Crippen LogP contribution < -0.4 is 10.0 Å². The van der Waals surface area contributed by atoms with Crippen LogP contribution in [0.5, 0.6) is 0 Å². The van der Waals surface area contributed by atoms with Crippen molar-refractivity contribution in [2.75, 3.05) is 10.0 Å². The second-order valence-electron chi connectivity index (χ2n) is 12.8. The van der Waals surface area contributed by atoms with Crippen molar-refractivity contribution in [2.24, 2.45) is 5.41 Å². The Labute approximate surface area is 276 Å². The zero-order valence-electron chi connectivity index (χ0n) is 27.0. The van der Waals surface area contributed by atoms with Gasteiger partial charge in [0.15, 0.2) is 11.2 Å². The normalized spacial score (nSPS) is 12.6. The summed E-state index contributed by atoms with van der Waals surface area (Å²) in [6, 6.07) is 11.3. The molecule has 2 aromatic carbocycles. The molecule has 1 unspecified atom stereocenters. The molecule has 0 aliphatic heterocycles. The van der Waals surface area contributed by atoms with Gasteiger partial charge in [0.25, 0.3) is 10.0 Å². The van der Waals surface area contributed by atoms with Crippen LogP contribution in [0, 0.1) is 5.41 Å². The van der Waals surface area contributed by atoms with Crippen molar-refractivity contribution in [1.29, 1.82) is 0 Å². The molecular weight excluding hydrogens is 615 g/mol. The lowest BCUT2D eigenvalue weighted by Gasteiger charge is -2.20. The molecule has 0 aromatic heterocycles. The minimum absolute atomic E-state index is 0.101. The smallest absolute Gasteiger partial charge is 0.261 e. The van der Waals surface area contributed by atoms with Crippen molar-refractivity contribution in [1.82, 2.24) is 0 Å². The fraction of sp³-hybridized carbons (Fsp3) is 0.600. The number of halogens is 2. The van der Waals surface area contributed by atoms with Crippen LogP contribution in [-0.2, 0) is 26.0 Å². The number of aryl methyl sites for hydroxylation is 1. The highest BCUT2D eigenvalue weighted by Gasteiger charge is 2.33. The van der Waals surface area contributed by atoms with Crippen LogP contribution in [0.25, 0.3) is 0 Å². The molecule has 0 bridgehead atoms. The molecule has 0 saturated heterocycles. The predicted octanol–water partition coefficient (Wildman–Crippen LogP) is 10.3. The monoisotopic (exact) mass is 666 g/mol. The maximum Gasteiger partial charge on any atom is 0.261 e. The Kier molecular flexibility index (Phi) is 16.8. The van der Waals surface area contributed by atoms with Crippen molar-refractivity contribution in [3.05, 3.63) is 53.1 Å². The van der Waals surface area contributed by atoms with Gasteiger partial charge in [0.05, 0.1) is 15.6 Å². The number of Topliss-reactive ketones (excluding diaryl/α,β-unsaturated/α-hetero) is 1. The molecule has 0 aliphatic rings. The minimum Gasteiger partial charge on any atom is -0.324 e. The van der Waals surface area contributed by atoms with Crippen LogP contribution >= 0.6 is 23.2 Å². The highest BCUT2D eigenvalue weighted by atomic mass is 35.5. The maximum atomic E-state index is 13.1. The van der Waals surface area contributed by atoms with Gasteiger partial charge in [-0.15, -0.1) is 11.6 Å². The van der Waals surface area contributed by atoms with Gasteiger partial charge in [0, 0.05) is 11.1 Å². The number of alkyl halides is 1. The molecule has 1 atom stereocenters. The van der Waals surface area contributed by atoms with Gasteiger partial charge in [-0.2, -0.15) is 0 Å². The van der Waals surface area contributed by atoms with Crippen molar-refractivity contribution in [2.45, 2.75) is 134 Å². The number of anilines is 2. The van der Waals surface area contributed by atoms with Gasteiger partial charge in [-0.3, -0.25) is 14.3 Å². The van der Waals surface area contributed by atoms with Crippen LogP contribution in [0.2, 0.25) is 5.02 Å². The molecular formula is C35H52Cl2N2O4S. The summed E-state index contributed by atoms with van der Waals surface area (Å²) in [6.45, 7) is 7.30. The summed E-state index contributed by atoms with van der Waals surface area (Å²) in [4.78, 5) is 25.0. The number of carbonyl (C=O) groups is 2. The summed E-state index contributed by atoms with van der Waals surface area (Å²) in [5.41, 5.74) is 0.676. The van der Waals surface area contributed by atoms with Gasteiger partial charge in [-0.1, -0.05) is 135 Å². The van der Waals surface area contributed by atoms with E-state index in [4.69, 9.17) is 23.2 Å². The van der Waals surface area contributed by atoms with E-state index < -0.39 is 32.5 Å². The molecule has 1 amide bonds. The number of amides is 1. The maximum absolute atomic E-state index is 13.1. The topological polar surface area (TPSA) is 92.3 Å². The molecule has 0 heterocycles. The first kappa shape index (κ1) is 38.1. The standard InChI is InChI=1S/C35H52Cl2N2O4S/c1-5-6-7-8-9-10-11-12-13-14-15-16-17-18-19-27-20-23-29(24-21-27)44(42,43)39-31-26-28(22-25-30(31)36)38-34(41)32(37)33(40)35(2,3)4/h20-26,32,39H,5-19H2,1-4H3,(H,38,41). The first-order valence-electron chi connectivity index (χ1n) is 16.3. The lowest BCUT2D eigenvalue weighted by molar-refractivity contribution is -0.130. The van der Waals surface area contributed by atoms with Gasteiger partial charge < -0.3 is 5.32 Å². The summed E-state index contributed by atoms with van der Waals surface area (Å²) in [6.07, 6.45) is 19.4. The predicted molar refractivity (Wildman–Crippen MR) is 185 cm³/mol. The molecule has 9 heteroatoms. The molecule has 44 heavy (non-hydrogen) atoms. The third-order valence-corrected chi connectivity index (χ3v) is 9.84. The molecule has 6 nitrogen and oxygen atoms in total. The quantitative estimate of drug-likeness (QED) is 0.0787. The third-order valence-electron chi connectivity index (χ3n) is 7.73. The van der Waals surface area contributed by atoms with Gasteiger partial charge in [-0.05, 0) is 48.7 Å². The van der Waals surface area contributed by atoms with Crippen LogP contribution in [-0.4, -0.2) is 25.5 Å². The second-order valence-corrected chi connectivity index (χ2v) is 15.3. The van der Waals surface area contributed by atoms with E-state index in [-0.39, 0.29) is 21.3 Å². The number of unbranched alkanes of at least 4 members (excludes halogenated alkanes) is 13. The fourth-order valence-corrected chi connectivity index (χ4v) is 6.62. The molecule has 2 rings (SSSR count). The Morgan fingerprint density at radius 2 is 1.27 bits per heavy atom. The number of carbonyl (C=O) groups excluding carboxylic acids is 2. The van der Waals surface area contributed by atoms with E-state index in [9.17, 15) is 18.0 Å². The first-order chi connectivity index (χ1) is 20.8. The zero-order chi connectivity index (χ0) is 32.6. The van der Waals surface area contributed by atoms with Gasteiger partial charge >= 0.3 is 0 Å². The van der Waals surface area contributed by atoms with Crippen LogP contribution in [0.1, 0.15) is 123 Å². The van der Waals surface area contributed by atoms with E-state index in [0.29, 0.717) is 0 Å². The number of hydrogen-bond donors (Lipinski definition) is 2. The SMILES string of the molecule is CCCCCCCCCCCCCCCCc1ccc(S(=O)(=O)Nc2cc(NC(=O)C(Cl)C(=O)C(C)(C)C)ccc2Cl)cc1. The lowest BCUT2D eigenvalue weighted by atomic mass is 9.88. The number of benzene rings is 2. The zero-order valence-corrected chi connectivity index (χ0v) is 29.4. The van der Waals surface area contributed by atoms with Gasteiger partial charge in [0.2, 0.25) is 5.91 Å². The average Bonchev–Trinajstić information content (AvgIpc) is 2.97. The molecule has 0 saturated carbocycles. The largest absolute Gasteiger partial charge is 0.324 e. The van der Waals surface area contributed by atoms with Crippen LogP contribution in [0.4, 0.5) is 11.4 Å². The Morgan fingerprint density at radius 1 is 0.773 bits per heavy atom. The number of nitrogens with one attached hydrogen (secondary N) is 2. The van der Waals surface area contributed by atoms with Crippen LogP contribution in [0.15, 0.2) is 47.4 Å². The van der Waals surface area contributed by atoms with E-state index in [0.717, 1.165) is 18.4 Å². The van der Waals surface area contributed by atoms with Crippen molar-refractivity contribution < 1.29 is 18.0 Å². The summed E-state index contributed by atoms with van der Waals surface area (Å²) in [5.74, 6) is -1.11. The summed E-state index contributed by atoms with van der Waals surface area (Å²) < 4.78 is 28.7. The number of hydrogen-bond acceptors (Lipinski definition) is 4. The highest BCUT2D eigenvalue weighted by molar-refractivity contribution is 7.92. The molecule has 0 spiro atoms. The minimum atomic E-state index is -3.92. The van der Waals surface area contributed by atoms with Crippen molar-refractivity contribution in [3.8, 4) is 0 Å². The summed E-state index contributed by atoms with van der Waals surface area (Å²) in [7, 11) is -3.92. The Hall–Kier alpha value is -2.09. The van der Waals surface area contributed by atoms with Crippen molar-refractivity contribution in [3.63, 3.8) is 0 Å². The molecule has 2 N–H and O–H groups in total. The highest BCUT2D eigenvalue weighted by Crippen LogP contribution is 2.29. The number of rotatable bonds is 21. The van der Waals surface area contributed by atoms with E-state index >= 15 is 0 Å². The Morgan fingerprint density at radius 3 is 1.77 bits per heavy atom. The molecule has 0 fully saturated rings. The summed E-state index contributed by atoms with van der Waals surface area (Å²) >= 11 is 12.3. The lowest BCUT2D eigenvalue weighted by Crippen LogP contribution is -2.37. The third kappa shape index (κ3) is 13.9. The Bertz CT molecular complexity index is 1270. The Balaban J connectivity index is 1.76. The van der Waals surface area contributed by atoms with Crippen LogP contribution in [0.3, 0.4) is 0 Å². The average molecular weight is 668 g/mol. The van der Waals surface area contributed by atoms with E-state index in [1.54, 1.807) is 32.9 Å². The van der Waals surface area contributed by atoms with E-state index in [1.807, 2.05) is 12.1 Å². The molecule has 0 aliphatic carbocycles. The molecule has 0 radical (unpaired) electrons.